The second-order valence-electron chi connectivity index (χ2n) is 7.46. The first-order chi connectivity index (χ1) is 16.8. The van der Waals surface area contributed by atoms with E-state index in [0.29, 0.717) is 27.9 Å². The summed E-state index contributed by atoms with van der Waals surface area (Å²) in [5.41, 5.74) is 2.05. The average molecular weight is 532 g/mol. The highest BCUT2D eigenvalue weighted by Crippen LogP contribution is 2.29. The smallest absolute Gasteiger partial charge is 0.271 e. The van der Waals surface area contributed by atoms with Crippen molar-refractivity contribution in [3.8, 4) is 5.75 Å². The number of carbonyl (C=O) groups excluding carboxylic acids is 1. The van der Waals surface area contributed by atoms with Crippen molar-refractivity contribution >= 4 is 52.2 Å². The number of carbonyl (C=O) groups is 1. The molecule has 35 heavy (non-hydrogen) atoms. The van der Waals surface area contributed by atoms with Crippen LogP contribution in [0, 0.1) is 10.1 Å². The van der Waals surface area contributed by atoms with Crippen LogP contribution < -0.4 is 10.1 Å². The molecule has 0 radical (unpaired) electrons. The van der Waals surface area contributed by atoms with Crippen molar-refractivity contribution in [2.45, 2.75) is 13.2 Å². The summed E-state index contributed by atoms with van der Waals surface area (Å²) in [5, 5.41) is 19.0. The van der Waals surface area contributed by atoms with Crippen LogP contribution in [-0.4, -0.2) is 20.6 Å². The molecule has 0 bridgehead atoms. The van der Waals surface area contributed by atoms with Crippen molar-refractivity contribution in [3.05, 3.63) is 115 Å². The summed E-state index contributed by atoms with van der Waals surface area (Å²) in [7, 11) is 0. The second kappa shape index (κ2) is 10.8. The van der Waals surface area contributed by atoms with Crippen molar-refractivity contribution in [3.63, 3.8) is 0 Å². The standard InChI is InChI=1S/C24H17Cl3N4O4/c25-18-7-3-15(4-8-18)12-30-13-21(27)23(29-30)28-24(32)17-5-1-16(2-6-17)14-35-22-10-9-19(31(33)34)11-20(22)26/h1-11,13H,12,14H2,(H,28,29,32). The molecule has 8 nitrogen and oxygen atoms in total. The lowest BCUT2D eigenvalue weighted by Gasteiger charge is -2.09. The molecule has 178 valence electrons. The summed E-state index contributed by atoms with van der Waals surface area (Å²) >= 11 is 18.2. The normalized spacial score (nSPS) is 10.7. The number of hydrogen-bond donors (Lipinski definition) is 1. The first-order valence-electron chi connectivity index (χ1n) is 10.2. The summed E-state index contributed by atoms with van der Waals surface area (Å²) in [4.78, 5) is 22.9. The molecule has 0 fully saturated rings. The van der Waals surface area contributed by atoms with Crippen LogP contribution in [0.4, 0.5) is 11.5 Å². The fourth-order valence-corrected chi connectivity index (χ4v) is 3.71. The third-order valence-corrected chi connectivity index (χ3v) is 5.77. The number of amides is 1. The molecule has 1 aromatic heterocycles. The molecule has 0 aliphatic heterocycles. The van der Waals surface area contributed by atoms with Crippen LogP contribution in [0.3, 0.4) is 0 Å². The minimum absolute atomic E-state index is 0.118. The van der Waals surface area contributed by atoms with Gasteiger partial charge >= 0.3 is 0 Å². The monoisotopic (exact) mass is 530 g/mol. The Morgan fingerprint density at radius 2 is 1.66 bits per heavy atom. The highest BCUT2D eigenvalue weighted by Gasteiger charge is 2.14. The van der Waals surface area contributed by atoms with Crippen LogP contribution in [0.1, 0.15) is 21.5 Å². The first-order valence-corrected chi connectivity index (χ1v) is 11.4. The predicted octanol–water partition coefficient (Wildman–Crippen LogP) is 6.63. The van der Waals surface area contributed by atoms with E-state index in [1.165, 1.54) is 18.2 Å². The van der Waals surface area contributed by atoms with Gasteiger partial charge in [0.1, 0.15) is 17.4 Å². The second-order valence-corrected chi connectivity index (χ2v) is 8.71. The number of hydrogen-bond acceptors (Lipinski definition) is 5. The topological polar surface area (TPSA) is 99.3 Å². The van der Waals surface area contributed by atoms with E-state index in [1.807, 2.05) is 12.1 Å². The quantitative estimate of drug-likeness (QED) is 0.203. The minimum Gasteiger partial charge on any atom is -0.487 e. The fourth-order valence-electron chi connectivity index (χ4n) is 3.15. The number of rotatable bonds is 8. The Morgan fingerprint density at radius 1 is 0.971 bits per heavy atom. The number of non-ortho nitro benzene ring substituents is 1. The average Bonchev–Trinajstić information content (AvgIpc) is 3.18. The lowest BCUT2D eigenvalue weighted by molar-refractivity contribution is -0.384. The van der Waals surface area contributed by atoms with Crippen LogP contribution >= 0.6 is 34.8 Å². The molecule has 1 heterocycles. The van der Waals surface area contributed by atoms with Gasteiger partial charge < -0.3 is 10.1 Å². The van der Waals surface area contributed by atoms with Crippen LogP contribution in [0.5, 0.6) is 5.75 Å². The van der Waals surface area contributed by atoms with E-state index in [2.05, 4.69) is 10.4 Å². The van der Waals surface area contributed by atoms with Crippen molar-refractivity contribution in [2.75, 3.05) is 5.32 Å². The molecule has 4 aromatic rings. The van der Waals surface area contributed by atoms with E-state index in [-0.39, 0.29) is 29.0 Å². The number of aromatic nitrogens is 2. The molecule has 0 aliphatic rings. The highest BCUT2D eigenvalue weighted by atomic mass is 35.5. The van der Waals surface area contributed by atoms with E-state index in [1.54, 1.807) is 47.3 Å². The molecule has 4 rings (SSSR count). The largest absolute Gasteiger partial charge is 0.487 e. The molecule has 1 N–H and O–H groups in total. The number of nitrogens with one attached hydrogen (secondary N) is 1. The van der Waals surface area contributed by atoms with E-state index in [4.69, 9.17) is 39.5 Å². The van der Waals surface area contributed by atoms with Gasteiger partial charge in [-0.2, -0.15) is 5.10 Å². The van der Waals surface area contributed by atoms with Crippen LogP contribution in [0.2, 0.25) is 15.1 Å². The molecular formula is C24H17Cl3N4O4. The summed E-state index contributed by atoms with van der Waals surface area (Å²) in [5.74, 6) is 0.211. The minimum atomic E-state index is -0.531. The van der Waals surface area contributed by atoms with E-state index in [0.717, 1.165) is 11.1 Å². The van der Waals surface area contributed by atoms with Crippen molar-refractivity contribution in [1.82, 2.24) is 9.78 Å². The Balaban J connectivity index is 1.35. The maximum atomic E-state index is 12.7. The van der Waals surface area contributed by atoms with Gasteiger partial charge in [0.25, 0.3) is 11.6 Å². The molecule has 0 saturated heterocycles. The number of anilines is 1. The lowest BCUT2D eigenvalue weighted by Crippen LogP contribution is -2.13. The number of nitro groups is 1. The SMILES string of the molecule is O=C(Nc1nn(Cc2ccc(Cl)cc2)cc1Cl)c1ccc(COc2ccc([N+](=O)[O-])cc2Cl)cc1. The van der Waals surface area contributed by atoms with Crippen molar-refractivity contribution < 1.29 is 14.5 Å². The highest BCUT2D eigenvalue weighted by molar-refractivity contribution is 6.33. The summed E-state index contributed by atoms with van der Waals surface area (Å²) < 4.78 is 7.26. The molecule has 0 unspecified atom stereocenters. The maximum Gasteiger partial charge on any atom is 0.271 e. The number of nitrogens with zero attached hydrogens (tertiary/aromatic N) is 3. The molecule has 0 saturated carbocycles. The number of halogens is 3. The van der Waals surface area contributed by atoms with Gasteiger partial charge in [0.15, 0.2) is 5.82 Å². The molecule has 0 spiro atoms. The van der Waals surface area contributed by atoms with Crippen LogP contribution in [0.15, 0.2) is 72.9 Å². The van der Waals surface area contributed by atoms with Gasteiger partial charge in [0, 0.05) is 28.9 Å². The zero-order valence-electron chi connectivity index (χ0n) is 18.0. The Hall–Kier alpha value is -3.59. The Labute approximate surface area is 215 Å². The molecule has 0 aliphatic carbocycles. The van der Waals surface area contributed by atoms with Gasteiger partial charge in [-0.25, -0.2) is 0 Å². The number of ether oxygens (including phenoxy) is 1. The van der Waals surface area contributed by atoms with E-state index in [9.17, 15) is 14.9 Å². The molecular weight excluding hydrogens is 515 g/mol. The van der Waals surface area contributed by atoms with Crippen LogP contribution in [0.25, 0.3) is 0 Å². The van der Waals surface area contributed by atoms with Gasteiger partial charge in [-0.3, -0.25) is 19.6 Å². The van der Waals surface area contributed by atoms with Gasteiger partial charge in [0.2, 0.25) is 0 Å². The van der Waals surface area contributed by atoms with Crippen molar-refractivity contribution in [2.24, 2.45) is 0 Å². The fraction of sp³-hybridized carbons (Fsp3) is 0.0833. The predicted molar refractivity (Wildman–Crippen MR) is 135 cm³/mol. The van der Waals surface area contributed by atoms with Gasteiger partial charge in [-0.05, 0) is 41.5 Å². The third kappa shape index (κ3) is 6.30. The van der Waals surface area contributed by atoms with E-state index < -0.39 is 4.92 Å². The Kier molecular flexibility index (Phi) is 7.55. The van der Waals surface area contributed by atoms with Gasteiger partial charge in [-0.1, -0.05) is 59.1 Å². The third-order valence-electron chi connectivity index (χ3n) is 4.94. The van der Waals surface area contributed by atoms with Gasteiger partial charge in [-0.15, -0.1) is 0 Å². The molecule has 3 aromatic carbocycles. The lowest BCUT2D eigenvalue weighted by atomic mass is 10.1. The summed E-state index contributed by atoms with van der Waals surface area (Å²) in [6.07, 6.45) is 1.63. The maximum absolute atomic E-state index is 12.7. The van der Waals surface area contributed by atoms with Crippen molar-refractivity contribution in [1.29, 1.82) is 0 Å². The zero-order valence-corrected chi connectivity index (χ0v) is 20.2. The number of nitro benzene ring substituents is 1. The van der Waals surface area contributed by atoms with E-state index >= 15 is 0 Å². The Morgan fingerprint density at radius 3 is 2.31 bits per heavy atom. The molecule has 1 amide bonds. The first kappa shape index (κ1) is 24.5. The summed E-state index contributed by atoms with van der Waals surface area (Å²) in [6.45, 7) is 0.639. The van der Waals surface area contributed by atoms with Gasteiger partial charge in [0.05, 0.1) is 16.5 Å². The Bertz CT molecular complexity index is 1370. The zero-order chi connectivity index (χ0) is 24.9. The summed E-state index contributed by atoms with van der Waals surface area (Å²) in [6, 6.07) is 18.1. The molecule has 11 heteroatoms. The van der Waals surface area contributed by atoms with Crippen LogP contribution in [-0.2, 0) is 13.2 Å². The molecule has 0 atom stereocenters. The number of benzene rings is 3.